The number of nitrogens with zero attached hydrogens (tertiary/aromatic N) is 1. The number of pyridine rings is 1. The van der Waals surface area contributed by atoms with Crippen LogP contribution in [0.3, 0.4) is 0 Å². The fraction of sp³-hybridized carbons (Fsp3) is 0.100. The predicted molar refractivity (Wildman–Crippen MR) is 96.4 cm³/mol. The standard InChI is InChI=1S/C20H17FN2O3/c1-13-16(11-12-19(21)22-13)20(24)23-14-7-9-15(10-8-14)26-18-6-4-3-5-17(18)25-2/h3-12H,1-2H3,(H,23,24). The lowest BCUT2D eigenvalue weighted by atomic mass is 10.2. The van der Waals surface area contributed by atoms with Crippen molar-refractivity contribution in [2.24, 2.45) is 0 Å². The summed E-state index contributed by atoms with van der Waals surface area (Å²) in [5, 5.41) is 2.75. The molecule has 1 amide bonds. The van der Waals surface area contributed by atoms with Crippen molar-refractivity contribution in [3.8, 4) is 17.2 Å². The lowest BCUT2D eigenvalue weighted by molar-refractivity contribution is 0.102. The average molecular weight is 352 g/mol. The molecule has 0 saturated carbocycles. The van der Waals surface area contributed by atoms with Crippen LogP contribution in [0, 0.1) is 12.9 Å². The largest absolute Gasteiger partial charge is 0.493 e. The normalized spacial score (nSPS) is 10.3. The molecule has 0 atom stereocenters. The first kappa shape index (κ1) is 17.4. The number of aryl methyl sites for hydroxylation is 1. The van der Waals surface area contributed by atoms with Gasteiger partial charge in [-0.1, -0.05) is 12.1 Å². The second-order valence-corrected chi connectivity index (χ2v) is 5.50. The van der Waals surface area contributed by atoms with Gasteiger partial charge in [-0.15, -0.1) is 0 Å². The number of hydrogen-bond donors (Lipinski definition) is 1. The summed E-state index contributed by atoms with van der Waals surface area (Å²) >= 11 is 0. The van der Waals surface area contributed by atoms with Crippen LogP contribution in [0.15, 0.2) is 60.7 Å². The van der Waals surface area contributed by atoms with Crippen LogP contribution in [0.2, 0.25) is 0 Å². The Hall–Kier alpha value is -3.41. The molecule has 1 heterocycles. The number of ether oxygens (including phenoxy) is 2. The molecule has 5 nitrogen and oxygen atoms in total. The maximum Gasteiger partial charge on any atom is 0.257 e. The number of carbonyl (C=O) groups is 1. The molecule has 0 unspecified atom stereocenters. The third kappa shape index (κ3) is 3.97. The molecule has 0 spiro atoms. The molecule has 0 aliphatic rings. The Kier molecular flexibility index (Phi) is 5.12. The molecule has 0 aliphatic carbocycles. The van der Waals surface area contributed by atoms with Crippen molar-refractivity contribution in [1.29, 1.82) is 0 Å². The molecule has 2 aromatic carbocycles. The number of aromatic nitrogens is 1. The van der Waals surface area contributed by atoms with E-state index in [4.69, 9.17) is 9.47 Å². The van der Waals surface area contributed by atoms with E-state index in [-0.39, 0.29) is 5.91 Å². The number of methoxy groups -OCH3 is 1. The minimum absolute atomic E-state index is 0.320. The number of halogens is 1. The molecule has 132 valence electrons. The summed E-state index contributed by atoms with van der Waals surface area (Å²) in [6.07, 6.45) is 0. The minimum atomic E-state index is -0.614. The Bertz CT molecular complexity index is 927. The van der Waals surface area contributed by atoms with Crippen LogP contribution in [0.4, 0.5) is 10.1 Å². The summed E-state index contributed by atoms with van der Waals surface area (Å²) in [5.74, 6) is 0.862. The molecule has 6 heteroatoms. The molecule has 1 aromatic heterocycles. The zero-order valence-electron chi connectivity index (χ0n) is 14.3. The Labute approximate surface area is 150 Å². The fourth-order valence-electron chi connectivity index (χ4n) is 2.41. The van der Waals surface area contributed by atoms with Crippen LogP contribution >= 0.6 is 0 Å². The fourth-order valence-corrected chi connectivity index (χ4v) is 2.41. The van der Waals surface area contributed by atoms with Crippen molar-refractivity contribution in [3.05, 3.63) is 77.9 Å². The monoisotopic (exact) mass is 352 g/mol. The van der Waals surface area contributed by atoms with Crippen molar-refractivity contribution in [3.63, 3.8) is 0 Å². The zero-order chi connectivity index (χ0) is 18.5. The summed E-state index contributed by atoms with van der Waals surface area (Å²) < 4.78 is 24.1. The molecule has 26 heavy (non-hydrogen) atoms. The van der Waals surface area contributed by atoms with Crippen molar-refractivity contribution < 1.29 is 18.7 Å². The number of carbonyl (C=O) groups excluding carboxylic acids is 1. The van der Waals surface area contributed by atoms with E-state index in [0.29, 0.717) is 34.2 Å². The van der Waals surface area contributed by atoms with E-state index in [1.54, 1.807) is 44.4 Å². The summed E-state index contributed by atoms with van der Waals surface area (Å²) in [5.41, 5.74) is 1.24. The number of hydrogen-bond acceptors (Lipinski definition) is 4. The first-order valence-corrected chi connectivity index (χ1v) is 7.92. The number of nitrogens with one attached hydrogen (secondary N) is 1. The number of anilines is 1. The summed E-state index contributed by atoms with van der Waals surface area (Å²) in [7, 11) is 1.58. The van der Waals surface area contributed by atoms with Crippen LogP contribution in [0.5, 0.6) is 17.2 Å². The number of para-hydroxylation sites is 2. The third-order valence-corrected chi connectivity index (χ3v) is 3.71. The molecule has 0 aliphatic heterocycles. The van der Waals surface area contributed by atoms with E-state index >= 15 is 0 Å². The maximum absolute atomic E-state index is 13.0. The molecule has 0 bridgehead atoms. The average Bonchev–Trinajstić information content (AvgIpc) is 2.63. The minimum Gasteiger partial charge on any atom is -0.493 e. The molecular formula is C20H17FN2O3. The summed E-state index contributed by atoms with van der Waals surface area (Å²) in [6.45, 7) is 1.59. The van der Waals surface area contributed by atoms with E-state index < -0.39 is 5.95 Å². The van der Waals surface area contributed by atoms with E-state index in [0.717, 1.165) is 6.07 Å². The third-order valence-electron chi connectivity index (χ3n) is 3.71. The first-order valence-electron chi connectivity index (χ1n) is 7.92. The highest BCUT2D eigenvalue weighted by Gasteiger charge is 2.11. The second-order valence-electron chi connectivity index (χ2n) is 5.50. The van der Waals surface area contributed by atoms with E-state index in [9.17, 15) is 9.18 Å². The topological polar surface area (TPSA) is 60.5 Å². The molecule has 0 fully saturated rings. The number of benzene rings is 2. The first-order chi connectivity index (χ1) is 12.6. The van der Waals surface area contributed by atoms with Gasteiger partial charge in [0.1, 0.15) is 5.75 Å². The number of rotatable bonds is 5. The molecule has 3 aromatic rings. The van der Waals surface area contributed by atoms with Gasteiger partial charge in [0.05, 0.1) is 18.4 Å². The Morgan fingerprint density at radius 2 is 1.69 bits per heavy atom. The van der Waals surface area contributed by atoms with Gasteiger partial charge in [-0.25, -0.2) is 4.98 Å². The molecule has 0 radical (unpaired) electrons. The van der Waals surface area contributed by atoms with Crippen molar-refractivity contribution in [2.45, 2.75) is 6.92 Å². The predicted octanol–water partition coefficient (Wildman–Crippen LogP) is 4.58. The lowest BCUT2D eigenvalue weighted by Crippen LogP contribution is -2.14. The van der Waals surface area contributed by atoms with E-state index in [1.165, 1.54) is 6.07 Å². The van der Waals surface area contributed by atoms with Gasteiger partial charge >= 0.3 is 0 Å². The van der Waals surface area contributed by atoms with Crippen LogP contribution in [0.1, 0.15) is 16.1 Å². The van der Waals surface area contributed by atoms with Crippen LogP contribution in [0.25, 0.3) is 0 Å². The smallest absolute Gasteiger partial charge is 0.257 e. The van der Waals surface area contributed by atoms with Gasteiger partial charge < -0.3 is 14.8 Å². The van der Waals surface area contributed by atoms with Gasteiger partial charge in [-0.05, 0) is 55.5 Å². The second kappa shape index (κ2) is 7.65. The van der Waals surface area contributed by atoms with Crippen LogP contribution < -0.4 is 14.8 Å². The number of amides is 1. The zero-order valence-corrected chi connectivity index (χ0v) is 14.3. The summed E-state index contributed by atoms with van der Waals surface area (Å²) in [4.78, 5) is 15.9. The van der Waals surface area contributed by atoms with E-state index in [1.807, 2.05) is 18.2 Å². The van der Waals surface area contributed by atoms with Gasteiger partial charge in [-0.3, -0.25) is 4.79 Å². The van der Waals surface area contributed by atoms with Gasteiger partial charge in [0.15, 0.2) is 11.5 Å². The van der Waals surface area contributed by atoms with Gasteiger partial charge in [0, 0.05) is 5.69 Å². The van der Waals surface area contributed by atoms with Crippen LogP contribution in [-0.2, 0) is 0 Å². The van der Waals surface area contributed by atoms with Gasteiger partial charge in [-0.2, -0.15) is 4.39 Å². The lowest BCUT2D eigenvalue weighted by Gasteiger charge is -2.11. The molecule has 1 N–H and O–H groups in total. The summed E-state index contributed by atoms with van der Waals surface area (Å²) in [6, 6.07) is 16.8. The SMILES string of the molecule is COc1ccccc1Oc1ccc(NC(=O)c2ccc(F)nc2C)cc1. The highest BCUT2D eigenvalue weighted by Crippen LogP contribution is 2.31. The van der Waals surface area contributed by atoms with Crippen molar-refractivity contribution in [2.75, 3.05) is 12.4 Å². The quantitative estimate of drug-likeness (QED) is 0.683. The molecular weight excluding hydrogens is 335 g/mol. The Balaban J connectivity index is 1.70. The Morgan fingerprint density at radius 3 is 2.35 bits per heavy atom. The highest BCUT2D eigenvalue weighted by molar-refractivity contribution is 6.04. The van der Waals surface area contributed by atoms with Gasteiger partial charge in [0.25, 0.3) is 5.91 Å². The molecule has 0 saturated heterocycles. The Morgan fingerprint density at radius 1 is 1.00 bits per heavy atom. The maximum atomic E-state index is 13.0. The van der Waals surface area contributed by atoms with Gasteiger partial charge in [0.2, 0.25) is 5.95 Å². The molecule has 3 rings (SSSR count). The van der Waals surface area contributed by atoms with Crippen molar-refractivity contribution >= 4 is 11.6 Å². The van der Waals surface area contributed by atoms with E-state index in [2.05, 4.69) is 10.3 Å². The van der Waals surface area contributed by atoms with Crippen LogP contribution in [-0.4, -0.2) is 18.0 Å². The highest BCUT2D eigenvalue weighted by atomic mass is 19.1. The van der Waals surface area contributed by atoms with Crippen molar-refractivity contribution in [1.82, 2.24) is 4.98 Å².